The van der Waals surface area contributed by atoms with E-state index in [2.05, 4.69) is 15.9 Å². The molecule has 0 saturated heterocycles. The van der Waals surface area contributed by atoms with Gasteiger partial charge in [0, 0.05) is 16.6 Å². The van der Waals surface area contributed by atoms with Crippen molar-refractivity contribution in [1.82, 2.24) is 0 Å². The third-order valence-corrected chi connectivity index (χ3v) is 2.99. The molecule has 0 aliphatic heterocycles. The highest BCUT2D eigenvalue weighted by Gasteiger charge is 2.11. The Labute approximate surface area is 96.3 Å². The Morgan fingerprint density at radius 1 is 1.57 bits per heavy atom. The first-order valence-electron chi connectivity index (χ1n) is 4.21. The first-order valence-corrected chi connectivity index (χ1v) is 5.39. The Morgan fingerprint density at radius 2 is 2.29 bits per heavy atom. The van der Waals surface area contributed by atoms with Crippen LogP contribution in [0.5, 0.6) is 0 Å². The Bertz CT molecular complexity index is 339. The number of carbonyl (C=O) groups is 1. The van der Waals surface area contributed by atoms with Crippen LogP contribution < -0.4 is 0 Å². The van der Waals surface area contributed by atoms with Crippen LogP contribution in [0.15, 0.2) is 22.7 Å². The fourth-order valence-corrected chi connectivity index (χ4v) is 1.59. The summed E-state index contributed by atoms with van der Waals surface area (Å²) in [7, 11) is 0. The normalized spacial score (nSPS) is 10.2. The van der Waals surface area contributed by atoms with Crippen LogP contribution in [-0.4, -0.2) is 19.0 Å². The topological polar surface area (TPSA) is 26.3 Å². The van der Waals surface area contributed by atoms with E-state index in [9.17, 15) is 4.79 Å². The summed E-state index contributed by atoms with van der Waals surface area (Å²) in [5.41, 5.74) is 0.495. The largest absolute Gasteiger partial charge is 0.374 e. The SMILES string of the molecule is CCOCC(=O)c1cccc(Br)c1Cl. The quantitative estimate of drug-likeness (QED) is 0.789. The molecule has 76 valence electrons. The fourth-order valence-electron chi connectivity index (χ4n) is 0.992. The molecule has 0 unspecified atom stereocenters. The highest BCUT2D eigenvalue weighted by molar-refractivity contribution is 9.10. The molecule has 2 nitrogen and oxygen atoms in total. The lowest BCUT2D eigenvalue weighted by molar-refractivity contribution is 0.0783. The lowest BCUT2D eigenvalue weighted by atomic mass is 10.1. The third kappa shape index (κ3) is 2.80. The second-order valence-electron chi connectivity index (χ2n) is 2.66. The molecule has 14 heavy (non-hydrogen) atoms. The summed E-state index contributed by atoms with van der Waals surface area (Å²) in [6, 6.07) is 5.25. The summed E-state index contributed by atoms with van der Waals surface area (Å²) in [6.07, 6.45) is 0. The second-order valence-corrected chi connectivity index (χ2v) is 3.89. The Morgan fingerprint density at radius 3 is 2.93 bits per heavy atom. The number of ketones is 1. The van der Waals surface area contributed by atoms with Crippen LogP contribution in [0.2, 0.25) is 5.02 Å². The Kier molecular flexibility index (Phi) is 4.58. The molecule has 0 saturated carbocycles. The van der Waals surface area contributed by atoms with Gasteiger partial charge in [-0.3, -0.25) is 4.79 Å². The molecule has 0 aliphatic rings. The Balaban J connectivity index is 2.84. The van der Waals surface area contributed by atoms with Gasteiger partial charge in [-0.05, 0) is 35.0 Å². The lowest BCUT2D eigenvalue weighted by Gasteiger charge is -2.04. The van der Waals surface area contributed by atoms with Gasteiger partial charge in [-0.2, -0.15) is 0 Å². The number of ether oxygens (including phenoxy) is 1. The molecule has 1 rings (SSSR count). The summed E-state index contributed by atoms with van der Waals surface area (Å²) < 4.78 is 5.74. The van der Waals surface area contributed by atoms with Gasteiger partial charge in [-0.15, -0.1) is 0 Å². The number of hydrogen-bond acceptors (Lipinski definition) is 2. The van der Waals surface area contributed by atoms with Crippen molar-refractivity contribution in [2.75, 3.05) is 13.2 Å². The molecule has 0 fully saturated rings. The van der Waals surface area contributed by atoms with Crippen molar-refractivity contribution < 1.29 is 9.53 Å². The summed E-state index contributed by atoms with van der Waals surface area (Å²) >= 11 is 9.20. The van der Waals surface area contributed by atoms with Crippen LogP contribution in [0.3, 0.4) is 0 Å². The zero-order chi connectivity index (χ0) is 10.6. The maximum absolute atomic E-state index is 11.5. The fraction of sp³-hybridized carbons (Fsp3) is 0.300. The Hall–Kier alpha value is -0.380. The van der Waals surface area contributed by atoms with E-state index >= 15 is 0 Å². The van der Waals surface area contributed by atoms with Gasteiger partial charge in [0.25, 0.3) is 0 Å². The molecule has 0 radical (unpaired) electrons. The molecule has 0 atom stereocenters. The summed E-state index contributed by atoms with van der Waals surface area (Å²) in [5.74, 6) is -0.0989. The van der Waals surface area contributed by atoms with Crippen molar-refractivity contribution in [3.63, 3.8) is 0 Å². The maximum atomic E-state index is 11.5. The van der Waals surface area contributed by atoms with E-state index in [0.717, 1.165) is 4.47 Å². The monoisotopic (exact) mass is 276 g/mol. The molecule has 0 amide bonds. The van der Waals surface area contributed by atoms with Crippen LogP contribution in [0.4, 0.5) is 0 Å². The number of Topliss-reactive ketones (excluding diaryl/α,β-unsaturated/α-hetero) is 1. The predicted molar refractivity (Wildman–Crippen MR) is 60.0 cm³/mol. The summed E-state index contributed by atoms with van der Waals surface area (Å²) in [6.45, 7) is 2.44. The van der Waals surface area contributed by atoms with Crippen LogP contribution >= 0.6 is 27.5 Å². The second kappa shape index (κ2) is 5.49. The van der Waals surface area contributed by atoms with E-state index in [1.54, 1.807) is 18.2 Å². The lowest BCUT2D eigenvalue weighted by Crippen LogP contribution is -2.09. The van der Waals surface area contributed by atoms with Crippen molar-refractivity contribution in [2.24, 2.45) is 0 Å². The smallest absolute Gasteiger partial charge is 0.189 e. The highest BCUT2D eigenvalue weighted by atomic mass is 79.9. The number of rotatable bonds is 4. The maximum Gasteiger partial charge on any atom is 0.189 e. The highest BCUT2D eigenvalue weighted by Crippen LogP contribution is 2.26. The minimum atomic E-state index is -0.0989. The predicted octanol–water partition coefficient (Wildman–Crippen LogP) is 3.32. The molecule has 0 heterocycles. The first-order chi connectivity index (χ1) is 6.66. The molecule has 4 heteroatoms. The molecule has 1 aromatic rings. The molecular weight excluding hydrogens is 267 g/mol. The average Bonchev–Trinajstić information content (AvgIpc) is 2.18. The van der Waals surface area contributed by atoms with Crippen LogP contribution in [0.25, 0.3) is 0 Å². The van der Waals surface area contributed by atoms with Gasteiger partial charge in [0.05, 0.1) is 5.02 Å². The van der Waals surface area contributed by atoms with Crippen molar-refractivity contribution in [1.29, 1.82) is 0 Å². The summed E-state index contributed by atoms with van der Waals surface area (Å²) in [5, 5.41) is 0.442. The standard InChI is InChI=1S/C10H10BrClO2/c1-2-14-6-9(13)7-4-3-5-8(11)10(7)12/h3-5H,2,6H2,1H3. The van der Waals surface area contributed by atoms with Crippen LogP contribution in [0, 0.1) is 0 Å². The van der Waals surface area contributed by atoms with E-state index < -0.39 is 0 Å². The van der Waals surface area contributed by atoms with E-state index in [4.69, 9.17) is 16.3 Å². The zero-order valence-electron chi connectivity index (χ0n) is 7.72. The molecular formula is C10H10BrClO2. The van der Waals surface area contributed by atoms with Gasteiger partial charge in [0.1, 0.15) is 6.61 Å². The van der Waals surface area contributed by atoms with Gasteiger partial charge in [-0.1, -0.05) is 17.7 Å². The number of benzene rings is 1. The molecule has 0 aliphatic carbocycles. The van der Waals surface area contributed by atoms with Crippen molar-refractivity contribution in [3.05, 3.63) is 33.3 Å². The van der Waals surface area contributed by atoms with E-state index in [1.165, 1.54) is 0 Å². The first kappa shape index (κ1) is 11.7. The molecule has 0 aromatic heterocycles. The van der Waals surface area contributed by atoms with E-state index in [-0.39, 0.29) is 12.4 Å². The van der Waals surface area contributed by atoms with E-state index in [1.807, 2.05) is 6.92 Å². The number of halogens is 2. The van der Waals surface area contributed by atoms with Gasteiger partial charge in [0.2, 0.25) is 0 Å². The zero-order valence-corrected chi connectivity index (χ0v) is 10.1. The van der Waals surface area contributed by atoms with Crippen LogP contribution in [-0.2, 0) is 4.74 Å². The minimum absolute atomic E-state index is 0.0761. The van der Waals surface area contributed by atoms with Crippen molar-refractivity contribution in [2.45, 2.75) is 6.92 Å². The van der Waals surface area contributed by atoms with E-state index in [0.29, 0.717) is 17.2 Å². The molecule has 0 bridgehead atoms. The summed E-state index contributed by atoms with van der Waals surface area (Å²) in [4.78, 5) is 11.5. The molecule has 1 aromatic carbocycles. The minimum Gasteiger partial charge on any atom is -0.374 e. The number of carbonyl (C=O) groups excluding carboxylic acids is 1. The van der Waals surface area contributed by atoms with Gasteiger partial charge < -0.3 is 4.74 Å². The third-order valence-electron chi connectivity index (χ3n) is 1.69. The van der Waals surface area contributed by atoms with Crippen LogP contribution in [0.1, 0.15) is 17.3 Å². The molecule has 0 N–H and O–H groups in total. The van der Waals surface area contributed by atoms with Gasteiger partial charge >= 0.3 is 0 Å². The van der Waals surface area contributed by atoms with Gasteiger partial charge in [-0.25, -0.2) is 0 Å². The van der Waals surface area contributed by atoms with Crippen molar-refractivity contribution in [3.8, 4) is 0 Å². The average molecular weight is 278 g/mol. The van der Waals surface area contributed by atoms with Crippen molar-refractivity contribution >= 4 is 33.3 Å². The molecule has 0 spiro atoms. The number of hydrogen-bond donors (Lipinski definition) is 0. The van der Waals surface area contributed by atoms with Gasteiger partial charge in [0.15, 0.2) is 5.78 Å².